The Labute approximate surface area is 87.3 Å². The van der Waals surface area contributed by atoms with E-state index < -0.39 is 10.1 Å². The Bertz CT molecular complexity index is 536. The predicted octanol–water partition coefficient (Wildman–Crippen LogP) is 1.38. The number of para-hydroxylation sites is 1. The summed E-state index contributed by atoms with van der Waals surface area (Å²) in [4.78, 5) is 0. The molecule has 0 aliphatic rings. The molecule has 1 heterocycles. The van der Waals surface area contributed by atoms with Crippen LogP contribution in [0.15, 0.2) is 36.5 Å². The summed E-state index contributed by atoms with van der Waals surface area (Å²) in [6.45, 7) is 0. The topological polar surface area (TPSA) is 79.5 Å². The van der Waals surface area contributed by atoms with Crippen LogP contribution in [0.2, 0.25) is 0 Å². The third kappa shape index (κ3) is 4.01. The maximum absolute atomic E-state index is 9.19. The molecule has 0 aliphatic heterocycles. The molecule has 1 aromatic heterocycles. The molecule has 0 aliphatic carbocycles. The molecule has 0 amide bonds. The molecular weight excluding hydrogens is 218 g/mol. The van der Waals surface area contributed by atoms with E-state index in [-0.39, 0.29) is 0 Å². The molecule has 82 valence electrons. The van der Waals surface area contributed by atoms with Gasteiger partial charge in [0.1, 0.15) is 0 Å². The summed E-state index contributed by atoms with van der Waals surface area (Å²) in [5.74, 6) is 0. The standard InChI is InChI=1S/C8H7NO.CH4O3S/c10-9-6-5-7-3-1-2-4-8(7)9;1-5(2,3)4/h1-6,10H;1H3,(H,2,3,4). The molecule has 0 fully saturated rings. The first-order chi connectivity index (χ1) is 6.88. The van der Waals surface area contributed by atoms with Crippen molar-refractivity contribution in [3.05, 3.63) is 36.5 Å². The average molecular weight is 229 g/mol. The molecule has 6 heteroatoms. The number of hydrogen-bond donors (Lipinski definition) is 2. The molecule has 2 rings (SSSR count). The lowest BCUT2D eigenvalue weighted by molar-refractivity contribution is 0.200. The third-order valence-electron chi connectivity index (χ3n) is 1.58. The lowest BCUT2D eigenvalue weighted by atomic mass is 10.3. The van der Waals surface area contributed by atoms with E-state index in [2.05, 4.69) is 0 Å². The van der Waals surface area contributed by atoms with Crippen molar-refractivity contribution in [1.82, 2.24) is 4.73 Å². The predicted molar refractivity (Wildman–Crippen MR) is 56.6 cm³/mol. The molecule has 2 aromatic rings. The quantitative estimate of drug-likeness (QED) is 0.528. The van der Waals surface area contributed by atoms with Gasteiger partial charge in [0.15, 0.2) is 0 Å². The van der Waals surface area contributed by atoms with Crippen LogP contribution in [0.4, 0.5) is 0 Å². The third-order valence-corrected chi connectivity index (χ3v) is 1.58. The van der Waals surface area contributed by atoms with Crippen LogP contribution in [-0.4, -0.2) is 29.2 Å². The molecule has 2 N–H and O–H groups in total. The summed E-state index contributed by atoms with van der Waals surface area (Å²) >= 11 is 0. The Morgan fingerprint density at radius 2 is 1.73 bits per heavy atom. The van der Waals surface area contributed by atoms with Gasteiger partial charge in [0.2, 0.25) is 0 Å². The number of hydrogen-bond acceptors (Lipinski definition) is 3. The van der Waals surface area contributed by atoms with E-state index >= 15 is 0 Å². The minimum absolute atomic E-state index is 0.715. The van der Waals surface area contributed by atoms with Gasteiger partial charge in [-0.15, -0.1) is 0 Å². The van der Waals surface area contributed by atoms with Crippen LogP contribution in [0, 0.1) is 0 Å². The largest absolute Gasteiger partial charge is 0.428 e. The first kappa shape index (κ1) is 11.5. The summed E-state index contributed by atoms with van der Waals surface area (Å²) in [5, 5.41) is 10.2. The Morgan fingerprint density at radius 1 is 1.20 bits per heavy atom. The molecule has 0 saturated heterocycles. The molecule has 5 nitrogen and oxygen atoms in total. The molecule has 0 saturated carbocycles. The smallest absolute Gasteiger partial charge is 0.261 e. The second kappa shape index (κ2) is 4.33. The van der Waals surface area contributed by atoms with Gasteiger partial charge in [-0.05, 0) is 12.1 Å². The van der Waals surface area contributed by atoms with E-state index in [0.717, 1.165) is 15.6 Å². The van der Waals surface area contributed by atoms with E-state index in [0.29, 0.717) is 6.26 Å². The van der Waals surface area contributed by atoms with Gasteiger partial charge in [0.25, 0.3) is 10.1 Å². The highest BCUT2D eigenvalue weighted by atomic mass is 32.2. The van der Waals surface area contributed by atoms with Crippen LogP contribution < -0.4 is 0 Å². The number of fused-ring (bicyclic) bond motifs is 1. The zero-order chi connectivity index (χ0) is 11.5. The molecule has 15 heavy (non-hydrogen) atoms. The van der Waals surface area contributed by atoms with Gasteiger partial charge < -0.3 is 5.21 Å². The minimum Gasteiger partial charge on any atom is -0.428 e. The Kier molecular flexibility index (Phi) is 3.33. The summed E-state index contributed by atoms with van der Waals surface area (Å²) in [6, 6.07) is 9.55. The van der Waals surface area contributed by atoms with Crippen LogP contribution in [0.5, 0.6) is 0 Å². The maximum atomic E-state index is 9.19. The number of nitrogens with zero attached hydrogens (tertiary/aromatic N) is 1. The summed E-state index contributed by atoms with van der Waals surface area (Å²) in [7, 11) is -3.67. The Balaban J connectivity index is 0.000000195. The van der Waals surface area contributed by atoms with E-state index in [1.165, 1.54) is 0 Å². The zero-order valence-electron chi connectivity index (χ0n) is 8.03. The van der Waals surface area contributed by atoms with Gasteiger partial charge in [0.05, 0.1) is 11.8 Å². The van der Waals surface area contributed by atoms with Crippen molar-refractivity contribution < 1.29 is 18.2 Å². The average Bonchev–Trinajstić information content (AvgIpc) is 2.46. The molecule has 1 aromatic carbocycles. The first-order valence-corrected chi connectivity index (χ1v) is 5.90. The SMILES string of the molecule is CS(=O)(=O)O.On1ccc2ccccc21. The number of benzene rings is 1. The maximum Gasteiger partial charge on any atom is 0.261 e. The van der Waals surface area contributed by atoms with Crippen molar-refractivity contribution >= 4 is 21.0 Å². The highest BCUT2D eigenvalue weighted by Gasteiger charge is 1.94. The molecular formula is C9H11NO4S. The Hall–Kier alpha value is -1.53. The molecule has 0 spiro atoms. The molecule has 0 atom stereocenters. The fourth-order valence-corrected chi connectivity index (χ4v) is 1.07. The summed E-state index contributed by atoms with van der Waals surface area (Å²) in [6.07, 6.45) is 2.34. The van der Waals surface area contributed by atoms with Gasteiger partial charge >= 0.3 is 0 Å². The van der Waals surface area contributed by atoms with Crippen LogP contribution in [-0.2, 0) is 10.1 Å². The lowest BCUT2D eigenvalue weighted by Crippen LogP contribution is -1.88. The lowest BCUT2D eigenvalue weighted by Gasteiger charge is -1.91. The van der Waals surface area contributed by atoms with Crippen LogP contribution >= 0.6 is 0 Å². The highest BCUT2D eigenvalue weighted by molar-refractivity contribution is 7.85. The number of aromatic nitrogens is 1. The van der Waals surface area contributed by atoms with Crippen molar-refractivity contribution in [2.24, 2.45) is 0 Å². The second-order valence-electron chi connectivity index (χ2n) is 2.95. The zero-order valence-corrected chi connectivity index (χ0v) is 8.85. The van der Waals surface area contributed by atoms with Crippen LogP contribution in [0.3, 0.4) is 0 Å². The second-order valence-corrected chi connectivity index (χ2v) is 4.42. The van der Waals surface area contributed by atoms with E-state index in [1.807, 2.05) is 30.3 Å². The summed E-state index contributed by atoms with van der Waals surface area (Å²) < 4.78 is 27.0. The van der Waals surface area contributed by atoms with Crippen molar-refractivity contribution in [3.8, 4) is 0 Å². The minimum atomic E-state index is -3.67. The van der Waals surface area contributed by atoms with Crippen LogP contribution in [0.25, 0.3) is 10.9 Å². The normalized spacial score (nSPS) is 10.8. The monoisotopic (exact) mass is 229 g/mol. The number of rotatable bonds is 0. The van der Waals surface area contributed by atoms with Crippen molar-refractivity contribution in [3.63, 3.8) is 0 Å². The van der Waals surface area contributed by atoms with Gasteiger partial charge in [-0.25, -0.2) is 0 Å². The first-order valence-electron chi connectivity index (χ1n) is 4.06. The highest BCUT2D eigenvalue weighted by Crippen LogP contribution is 2.12. The van der Waals surface area contributed by atoms with E-state index in [4.69, 9.17) is 9.76 Å². The summed E-state index contributed by atoms with van der Waals surface area (Å²) in [5.41, 5.74) is 0.850. The fraction of sp³-hybridized carbons (Fsp3) is 0.111. The molecule has 0 radical (unpaired) electrons. The van der Waals surface area contributed by atoms with Gasteiger partial charge in [-0.1, -0.05) is 18.2 Å². The molecule has 0 unspecified atom stereocenters. The van der Waals surface area contributed by atoms with Crippen molar-refractivity contribution in [2.45, 2.75) is 0 Å². The van der Waals surface area contributed by atoms with Crippen molar-refractivity contribution in [2.75, 3.05) is 6.26 Å². The van der Waals surface area contributed by atoms with Gasteiger partial charge in [0, 0.05) is 11.6 Å². The Morgan fingerprint density at radius 3 is 2.27 bits per heavy atom. The molecule has 0 bridgehead atoms. The van der Waals surface area contributed by atoms with Gasteiger partial charge in [-0.2, -0.15) is 13.1 Å². The van der Waals surface area contributed by atoms with E-state index in [1.54, 1.807) is 6.20 Å². The van der Waals surface area contributed by atoms with E-state index in [9.17, 15) is 8.42 Å². The fourth-order valence-electron chi connectivity index (χ4n) is 1.07. The van der Waals surface area contributed by atoms with Crippen molar-refractivity contribution in [1.29, 1.82) is 0 Å². The van der Waals surface area contributed by atoms with Crippen LogP contribution in [0.1, 0.15) is 0 Å². The van der Waals surface area contributed by atoms with Gasteiger partial charge in [-0.3, -0.25) is 4.55 Å².